The first-order valence-corrected chi connectivity index (χ1v) is 3.76. The van der Waals surface area contributed by atoms with Crippen molar-refractivity contribution in [3.63, 3.8) is 0 Å². The highest BCUT2D eigenvalue weighted by molar-refractivity contribution is 5.05. The van der Waals surface area contributed by atoms with Gasteiger partial charge in [0, 0.05) is 6.54 Å². The van der Waals surface area contributed by atoms with E-state index in [1.165, 1.54) is 0 Å². The Hall–Kier alpha value is -0.760. The molecule has 0 aliphatic rings. The van der Waals surface area contributed by atoms with Crippen LogP contribution in [0.5, 0.6) is 0 Å². The van der Waals surface area contributed by atoms with Crippen LogP contribution in [0.3, 0.4) is 0 Å². The zero-order valence-electron chi connectivity index (χ0n) is 7.63. The highest BCUT2D eigenvalue weighted by atomic mass is 16.5. The van der Waals surface area contributed by atoms with Crippen LogP contribution in [0.4, 0.5) is 0 Å². The lowest BCUT2D eigenvalue weighted by Crippen LogP contribution is -2.17. The Morgan fingerprint density at radius 1 is 1.55 bits per heavy atom. The van der Waals surface area contributed by atoms with Gasteiger partial charge >= 0.3 is 0 Å². The van der Waals surface area contributed by atoms with Crippen molar-refractivity contribution in [2.75, 3.05) is 27.2 Å². The van der Waals surface area contributed by atoms with Gasteiger partial charge in [-0.15, -0.1) is 0 Å². The maximum atomic E-state index is 5.27. The summed E-state index contributed by atoms with van der Waals surface area (Å²) in [6, 6.07) is 0. The molecule has 0 aliphatic carbocycles. The van der Waals surface area contributed by atoms with E-state index in [0.29, 0.717) is 6.61 Å². The number of hydrogen-bond acceptors (Lipinski definition) is 2. The molecule has 0 saturated heterocycles. The number of likely N-dealkylation sites (N-methyl/N-ethyl adjacent to an activating group) is 1. The van der Waals surface area contributed by atoms with Gasteiger partial charge in [0.1, 0.15) is 12.4 Å². The Morgan fingerprint density at radius 3 is 2.64 bits per heavy atom. The molecule has 0 aromatic carbocycles. The largest absolute Gasteiger partial charge is 0.493 e. The van der Waals surface area contributed by atoms with Crippen LogP contribution >= 0.6 is 0 Å². The van der Waals surface area contributed by atoms with Gasteiger partial charge in [0.05, 0.1) is 0 Å². The Morgan fingerprint density at radius 2 is 2.18 bits per heavy atom. The van der Waals surface area contributed by atoms with Crippen LogP contribution in [0, 0.1) is 0 Å². The van der Waals surface area contributed by atoms with E-state index in [4.69, 9.17) is 4.74 Å². The lowest BCUT2D eigenvalue weighted by atomic mass is 10.5. The van der Waals surface area contributed by atoms with Gasteiger partial charge in [-0.05, 0) is 27.1 Å². The molecule has 0 atom stereocenters. The second-order valence-electron chi connectivity index (χ2n) is 2.62. The second kappa shape index (κ2) is 5.98. The highest BCUT2D eigenvalue weighted by Gasteiger charge is 1.90. The zero-order valence-corrected chi connectivity index (χ0v) is 7.63. The third kappa shape index (κ3) is 7.13. The van der Waals surface area contributed by atoms with Crippen LogP contribution in [0.15, 0.2) is 24.5 Å². The first-order valence-electron chi connectivity index (χ1n) is 3.76. The van der Waals surface area contributed by atoms with Crippen molar-refractivity contribution in [3.05, 3.63) is 24.5 Å². The van der Waals surface area contributed by atoms with E-state index in [0.717, 1.165) is 12.3 Å². The van der Waals surface area contributed by atoms with Crippen LogP contribution < -0.4 is 0 Å². The summed E-state index contributed by atoms with van der Waals surface area (Å²) < 4.78 is 5.27. The van der Waals surface area contributed by atoms with Crippen LogP contribution in [0.2, 0.25) is 0 Å². The molecule has 0 aromatic rings. The standard InChI is InChI=1S/C9H17NO/c1-5-6-9(2)11-8-7-10(3)4/h5-6H,2,7-8H2,1,3-4H3/b6-5-. The molecule has 0 aliphatic heterocycles. The average Bonchev–Trinajstić information content (AvgIpc) is 1.87. The van der Waals surface area contributed by atoms with Crippen molar-refractivity contribution < 1.29 is 4.74 Å². The maximum Gasteiger partial charge on any atom is 0.111 e. The third-order valence-electron chi connectivity index (χ3n) is 1.18. The van der Waals surface area contributed by atoms with Crippen LogP contribution in [-0.4, -0.2) is 32.1 Å². The predicted molar refractivity (Wildman–Crippen MR) is 48.5 cm³/mol. The van der Waals surface area contributed by atoms with Gasteiger partial charge in [0.2, 0.25) is 0 Å². The molecule has 0 fully saturated rings. The van der Waals surface area contributed by atoms with Gasteiger partial charge < -0.3 is 9.64 Å². The van der Waals surface area contributed by atoms with Crippen molar-refractivity contribution in [1.29, 1.82) is 0 Å². The second-order valence-corrected chi connectivity index (χ2v) is 2.62. The molecule has 2 heteroatoms. The van der Waals surface area contributed by atoms with E-state index >= 15 is 0 Å². The zero-order chi connectivity index (χ0) is 8.69. The molecule has 0 aromatic heterocycles. The molecule has 64 valence electrons. The van der Waals surface area contributed by atoms with Crippen molar-refractivity contribution in [3.8, 4) is 0 Å². The summed E-state index contributed by atoms with van der Waals surface area (Å²) in [4.78, 5) is 2.07. The molecular formula is C9H17NO. The van der Waals surface area contributed by atoms with E-state index in [2.05, 4.69) is 11.5 Å². The summed E-state index contributed by atoms with van der Waals surface area (Å²) in [5.74, 6) is 0.731. The Kier molecular flexibility index (Phi) is 5.57. The normalized spacial score (nSPS) is 10.9. The summed E-state index contributed by atoms with van der Waals surface area (Å²) in [6.45, 7) is 7.29. The van der Waals surface area contributed by atoms with Gasteiger partial charge in [0.15, 0.2) is 0 Å². The summed E-state index contributed by atoms with van der Waals surface area (Å²) in [5.41, 5.74) is 0. The molecule has 0 bridgehead atoms. The third-order valence-corrected chi connectivity index (χ3v) is 1.18. The quantitative estimate of drug-likeness (QED) is 0.442. The number of ether oxygens (including phenoxy) is 1. The van der Waals surface area contributed by atoms with E-state index in [1.54, 1.807) is 0 Å². The summed E-state index contributed by atoms with van der Waals surface area (Å²) in [7, 11) is 4.03. The molecule has 0 radical (unpaired) electrons. The van der Waals surface area contributed by atoms with Crippen molar-refractivity contribution >= 4 is 0 Å². The van der Waals surface area contributed by atoms with E-state index in [1.807, 2.05) is 33.2 Å². The van der Waals surface area contributed by atoms with Gasteiger partial charge in [-0.2, -0.15) is 0 Å². The number of allylic oxidation sites excluding steroid dienone is 2. The minimum absolute atomic E-state index is 0.705. The fraction of sp³-hybridized carbons (Fsp3) is 0.556. The smallest absolute Gasteiger partial charge is 0.111 e. The van der Waals surface area contributed by atoms with Crippen molar-refractivity contribution in [2.24, 2.45) is 0 Å². The number of rotatable bonds is 5. The highest BCUT2D eigenvalue weighted by Crippen LogP contribution is 1.94. The van der Waals surface area contributed by atoms with Gasteiger partial charge in [-0.3, -0.25) is 0 Å². The van der Waals surface area contributed by atoms with E-state index < -0.39 is 0 Å². The van der Waals surface area contributed by atoms with Gasteiger partial charge in [0.25, 0.3) is 0 Å². The Balaban J connectivity index is 3.32. The first kappa shape index (κ1) is 10.2. The van der Waals surface area contributed by atoms with E-state index in [9.17, 15) is 0 Å². The van der Waals surface area contributed by atoms with Gasteiger partial charge in [-0.1, -0.05) is 12.7 Å². The van der Waals surface area contributed by atoms with Crippen molar-refractivity contribution in [1.82, 2.24) is 4.90 Å². The monoisotopic (exact) mass is 155 g/mol. The number of hydrogen-bond donors (Lipinski definition) is 0. The topological polar surface area (TPSA) is 12.5 Å². The lowest BCUT2D eigenvalue weighted by molar-refractivity contribution is 0.194. The molecule has 2 nitrogen and oxygen atoms in total. The molecule has 0 amide bonds. The molecular weight excluding hydrogens is 138 g/mol. The lowest BCUT2D eigenvalue weighted by Gasteiger charge is -2.10. The summed E-state index contributed by atoms with van der Waals surface area (Å²) in [5, 5.41) is 0. The predicted octanol–water partition coefficient (Wildman–Crippen LogP) is 1.65. The van der Waals surface area contributed by atoms with Crippen molar-refractivity contribution in [2.45, 2.75) is 6.92 Å². The van der Waals surface area contributed by atoms with Crippen LogP contribution in [-0.2, 0) is 4.74 Å². The van der Waals surface area contributed by atoms with E-state index in [-0.39, 0.29) is 0 Å². The minimum Gasteiger partial charge on any atom is -0.493 e. The fourth-order valence-electron chi connectivity index (χ4n) is 0.593. The summed E-state index contributed by atoms with van der Waals surface area (Å²) in [6.07, 6.45) is 3.77. The van der Waals surface area contributed by atoms with Crippen LogP contribution in [0.1, 0.15) is 6.92 Å². The maximum absolute atomic E-state index is 5.27. The molecule has 0 heterocycles. The molecule has 0 saturated carbocycles. The SMILES string of the molecule is C=C(/C=C\C)OCCN(C)C. The van der Waals surface area contributed by atoms with Gasteiger partial charge in [-0.25, -0.2) is 0 Å². The minimum atomic E-state index is 0.705. The first-order chi connectivity index (χ1) is 5.16. The fourth-order valence-corrected chi connectivity index (χ4v) is 0.593. The Bertz CT molecular complexity index is 138. The molecule has 11 heavy (non-hydrogen) atoms. The van der Waals surface area contributed by atoms with Crippen LogP contribution in [0.25, 0.3) is 0 Å². The Labute approximate surface area is 69.2 Å². The molecule has 0 N–H and O–H groups in total. The summed E-state index contributed by atoms with van der Waals surface area (Å²) >= 11 is 0. The molecule has 0 spiro atoms. The molecule has 0 rings (SSSR count). The molecule has 0 unspecified atom stereocenters. The number of nitrogens with zero attached hydrogens (tertiary/aromatic N) is 1. The average molecular weight is 155 g/mol.